The van der Waals surface area contributed by atoms with Crippen molar-refractivity contribution in [2.24, 2.45) is 0 Å². The van der Waals surface area contributed by atoms with E-state index in [0.29, 0.717) is 0 Å². The van der Waals surface area contributed by atoms with Gasteiger partial charge in [0.15, 0.2) is 0 Å². The third kappa shape index (κ3) is 8.34. The Morgan fingerprint density at radius 2 is 0.467 bits per heavy atom. The van der Waals surface area contributed by atoms with E-state index in [1.54, 1.807) is 0 Å². The number of hydrogen-bond donors (Lipinski definition) is 0. The maximum absolute atomic E-state index is 12.1. The summed E-state index contributed by atoms with van der Waals surface area (Å²) in [4.78, 5) is 0. The Bertz CT molecular complexity index is 5190. The average molecular weight is 1560 g/mol. The van der Waals surface area contributed by atoms with E-state index < -0.39 is 43.5 Å². The predicted molar refractivity (Wildman–Crippen MR) is 452 cm³/mol. The van der Waals surface area contributed by atoms with Crippen molar-refractivity contribution < 1.29 is 32.6 Å². The standard InChI is InChI=1S/2C49H48O2Si.2ClH.Zr/c2*1-30-16-26-44(50-30)42-28-40-36(32-18-22-34(23-19-32)48(3,4)5)12-10-14-38(40)46(42)52(9)47-39-15-11-13-37(33-20-24-35(25-21-33)49(6,7)8)41(39)29-43(47)45-27-17-31(2)51-45;;;/h2*10-29,52H,1-9H3;2*1H;/q;;;;+2/p-2. The van der Waals surface area contributed by atoms with Crippen molar-refractivity contribution in [3.63, 3.8) is 0 Å². The number of hydrogen-bond acceptors (Lipinski definition) is 4. The second kappa shape index (κ2) is 22.7. The first-order valence-electron chi connectivity index (χ1n) is 38.5. The molecule has 0 bridgehead atoms. The van der Waals surface area contributed by atoms with Crippen LogP contribution in [0.5, 0.6) is 0 Å². The molecule has 0 amide bonds. The molecule has 4 unspecified atom stereocenters. The van der Waals surface area contributed by atoms with Crippen LogP contribution in [0.3, 0.4) is 0 Å². The van der Waals surface area contributed by atoms with E-state index in [2.05, 4.69) is 367 Å². The summed E-state index contributed by atoms with van der Waals surface area (Å²) in [6, 6.07) is 83.6. The van der Waals surface area contributed by atoms with E-state index >= 15 is 0 Å². The molecule has 4 atom stereocenters. The van der Waals surface area contributed by atoms with Crippen LogP contribution in [0.2, 0.25) is 13.1 Å². The monoisotopic (exact) mass is 1550 g/mol. The molecule has 2 fully saturated rings. The van der Waals surface area contributed by atoms with Crippen LogP contribution >= 0.6 is 17.0 Å². The molecule has 5 spiro atoms. The molecule has 6 aliphatic rings. The Morgan fingerprint density at radius 1 is 0.271 bits per heavy atom. The Hall–Kier alpha value is -8.26. The second-order valence-electron chi connectivity index (χ2n) is 36.5. The summed E-state index contributed by atoms with van der Waals surface area (Å²) in [5.74, 6) is 6.36. The number of benzene rings is 8. The maximum atomic E-state index is 12.1. The molecule has 12 aromatic rings. The zero-order chi connectivity index (χ0) is 75.2. The molecular formula is C98H96Cl2O4Si2Zr. The molecule has 2 saturated heterocycles. The number of aryl methyl sites for hydroxylation is 4. The first-order chi connectivity index (χ1) is 50.6. The third-order valence-corrected chi connectivity index (χ3v) is 110. The Labute approximate surface area is 640 Å². The normalized spacial score (nSPS) is 23.9. The molecule has 18 rings (SSSR count). The summed E-state index contributed by atoms with van der Waals surface area (Å²) >= 11 is -8.65. The molecule has 2 aliphatic heterocycles. The van der Waals surface area contributed by atoms with Crippen molar-refractivity contribution in [3.8, 4) is 44.5 Å². The zero-order valence-electron chi connectivity index (χ0n) is 65.1. The van der Waals surface area contributed by atoms with Gasteiger partial charge in [0.2, 0.25) is 0 Å². The van der Waals surface area contributed by atoms with Crippen LogP contribution in [-0.4, -0.2) is 17.6 Å². The number of rotatable bonds is 8. The zero-order valence-corrected chi connectivity index (χ0v) is 71.4. The molecule has 0 radical (unpaired) electrons. The fourth-order valence-electron chi connectivity index (χ4n) is 23.5. The van der Waals surface area contributed by atoms with E-state index in [1.807, 2.05) is 0 Å². The fourth-order valence-corrected chi connectivity index (χ4v) is 143. The molecule has 4 nitrogen and oxygen atoms in total. The SMILES string of the molecule is Cc1ccc(C2=Cc3c(-c4ccc(C(C)(C)C)cc4)cccc3[C]23[SiH](C)[C]2(C(c4ccc(C)o4)=Cc4c(-c5ccc(C(C)(C)C)cc5)cccc42)[Zr]32([Cl])([Cl])[C]3(C(c4ccc(C)o4)=Cc4c(-c5ccc(C(C)(C)C)cc5)cccc43)[SiH](C)[C]23C(c2ccc(C)o2)=Cc2c(-c4ccc(C(C)(C)C)cc4)cccc23)o1. The van der Waals surface area contributed by atoms with Gasteiger partial charge in [0.25, 0.3) is 0 Å². The van der Waals surface area contributed by atoms with Crippen LogP contribution in [-0.2, 0) is 47.6 Å². The average Bonchev–Trinajstić information content (AvgIpc) is 1.51. The van der Waals surface area contributed by atoms with E-state index in [1.165, 1.54) is 22.3 Å². The summed E-state index contributed by atoms with van der Waals surface area (Å²) in [6.07, 6.45) is 10.2. The third-order valence-electron chi connectivity index (χ3n) is 27.4. The number of halogens is 2. The summed E-state index contributed by atoms with van der Waals surface area (Å²) in [7, 11) is 18.0. The minimum absolute atomic E-state index is 0.0715. The number of furan rings is 4. The molecule has 4 aromatic heterocycles. The minimum atomic E-state index is -8.65. The molecule has 9 heteroatoms. The second-order valence-corrected chi connectivity index (χ2v) is 76.4. The van der Waals surface area contributed by atoms with Crippen molar-refractivity contribution in [2.45, 2.75) is 157 Å². The first-order valence-corrected chi connectivity index (χ1v) is 54.4. The number of fused-ring (bicyclic) bond motifs is 12. The van der Waals surface area contributed by atoms with Crippen molar-refractivity contribution in [1.29, 1.82) is 0 Å². The molecule has 0 N–H and O–H groups in total. The van der Waals surface area contributed by atoms with E-state index in [4.69, 9.17) is 17.7 Å². The van der Waals surface area contributed by atoms with Crippen molar-refractivity contribution in [1.82, 2.24) is 0 Å². The van der Waals surface area contributed by atoms with Gasteiger partial charge in [-0.2, -0.15) is 0 Å². The fraction of sp³-hybridized carbons (Fsp3) is 0.265. The molecule has 4 aliphatic carbocycles. The Kier molecular flexibility index (Phi) is 14.9. The van der Waals surface area contributed by atoms with E-state index in [9.17, 15) is 17.0 Å². The Morgan fingerprint density at radius 3 is 0.636 bits per heavy atom. The van der Waals surface area contributed by atoms with E-state index in [-0.39, 0.29) is 21.7 Å². The number of allylic oxidation sites excluding steroid dienone is 4. The summed E-state index contributed by atoms with van der Waals surface area (Å²) in [5, 5.41) is 0. The van der Waals surface area contributed by atoms with Gasteiger partial charge in [-0.05, 0) is 0 Å². The van der Waals surface area contributed by atoms with Gasteiger partial charge in [0.05, 0.1) is 0 Å². The van der Waals surface area contributed by atoms with Gasteiger partial charge < -0.3 is 0 Å². The van der Waals surface area contributed by atoms with Crippen molar-refractivity contribution in [3.05, 3.63) is 331 Å². The van der Waals surface area contributed by atoms with Crippen LogP contribution in [0, 0.1) is 27.7 Å². The van der Waals surface area contributed by atoms with Crippen LogP contribution in [0.4, 0.5) is 0 Å². The Balaban J connectivity index is 1.12. The molecule has 8 aromatic carbocycles. The molecular weight excluding hydrogens is 1460 g/mol. The summed E-state index contributed by atoms with van der Waals surface area (Å²) in [6.45, 7) is 41.3. The first kappa shape index (κ1) is 70.4. The quantitative estimate of drug-likeness (QED) is 0.142. The van der Waals surface area contributed by atoms with Gasteiger partial charge in [-0.3, -0.25) is 0 Å². The molecule has 107 heavy (non-hydrogen) atoms. The molecule has 6 heterocycles. The van der Waals surface area contributed by atoms with Crippen molar-refractivity contribution in [2.75, 3.05) is 0 Å². The van der Waals surface area contributed by atoms with E-state index in [0.717, 1.165) is 157 Å². The van der Waals surface area contributed by atoms with Gasteiger partial charge in [-0.25, -0.2) is 0 Å². The van der Waals surface area contributed by atoms with Gasteiger partial charge >= 0.3 is 646 Å². The summed E-state index contributed by atoms with van der Waals surface area (Å²) < 4.78 is 25.5. The van der Waals surface area contributed by atoms with Gasteiger partial charge in [-0.15, -0.1) is 0 Å². The van der Waals surface area contributed by atoms with Gasteiger partial charge in [-0.1, -0.05) is 0 Å². The molecule has 538 valence electrons. The predicted octanol–water partition coefficient (Wildman–Crippen LogP) is 26.7. The molecule has 0 saturated carbocycles. The van der Waals surface area contributed by atoms with Gasteiger partial charge in [0, 0.05) is 0 Å². The van der Waals surface area contributed by atoms with Crippen LogP contribution in [0.15, 0.2) is 236 Å². The summed E-state index contributed by atoms with van der Waals surface area (Å²) in [5.41, 5.74) is 27.1. The van der Waals surface area contributed by atoms with Crippen LogP contribution < -0.4 is 0 Å². The van der Waals surface area contributed by atoms with Crippen LogP contribution in [0.1, 0.15) is 196 Å². The topological polar surface area (TPSA) is 52.6 Å². The van der Waals surface area contributed by atoms with Gasteiger partial charge in [0.1, 0.15) is 0 Å². The van der Waals surface area contributed by atoms with Crippen molar-refractivity contribution >= 4 is 81.2 Å². The van der Waals surface area contributed by atoms with Crippen LogP contribution in [0.25, 0.3) is 91.1 Å².